The third-order valence-electron chi connectivity index (χ3n) is 3.73. The molecule has 1 amide bonds. The minimum atomic E-state index is -0.417. The summed E-state index contributed by atoms with van der Waals surface area (Å²) in [6.45, 7) is 2.80. The van der Waals surface area contributed by atoms with Crippen molar-refractivity contribution < 1.29 is 9.53 Å². The number of hydrogen-bond donors (Lipinski definition) is 2. The third-order valence-corrected chi connectivity index (χ3v) is 3.73. The molecular weight excluding hydrogens is 242 g/mol. The van der Waals surface area contributed by atoms with E-state index in [4.69, 9.17) is 10.5 Å². The lowest BCUT2D eigenvalue weighted by molar-refractivity contribution is -0.124. The molecule has 0 saturated heterocycles. The van der Waals surface area contributed by atoms with Gasteiger partial charge in [0.25, 0.3) is 0 Å². The smallest absolute Gasteiger partial charge is 0.237 e. The van der Waals surface area contributed by atoms with Crippen molar-refractivity contribution in [1.29, 1.82) is 0 Å². The number of anilines is 1. The van der Waals surface area contributed by atoms with E-state index in [0.29, 0.717) is 24.7 Å². The summed E-state index contributed by atoms with van der Waals surface area (Å²) in [4.78, 5) is 16.6. The van der Waals surface area contributed by atoms with Crippen molar-refractivity contribution in [3.8, 4) is 5.88 Å². The molecule has 1 aliphatic carbocycles. The van der Waals surface area contributed by atoms with Gasteiger partial charge in [0.1, 0.15) is 5.69 Å². The normalized spacial score (nSPS) is 17.2. The van der Waals surface area contributed by atoms with Crippen LogP contribution in [0.2, 0.25) is 0 Å². The summed E-state index contributed by atoms with van der Waals surface area (Å²) in [6.07, 6.45) is 5.50. The highest BCUT2D eigenvalue weighted by atomic mass is 16.5. The van der Waals surface area contributed by atoms with E-state index in [-0.39, 0.29) is 5.91 Å². The van der Waals surface area contributed by atoms with E-state index in [2.05, 4.69) is 10.3 Å². The van der Waals surface area contributed by atoms with E-state index in [0.717, 1.165) is 25.7 Å². The Morgan fingerprint density at radius 2 is 2.26 bits per heavy atom. The van der Waals surface area contributed by atoms with Gasteiger partial charge >= 0.3 is 0 Å². The number of amides is 1. The fourth-order valence-electron chi connectivity index (χ4n) is 2.57. The third kappa shape index (κ3) is 2.87. The van der Waals surface area contributed by atoms with Gasteiger partial charge in [-0.3, -0.25) is 4.79 Å². The second kappa shape index (κ2) is 6.02. The number of pyridine rings is 1. The van der Waals surface area contributed by atoms with E-state index in [1.807, 2.05) is 6.92 Å². The molecule has 1 saturated carbocycles. The van der Waals surface area contributed by atoms with Crippen LogP contribution in [0.4, 0.5) is 5.69 Å². The van der Waals surface area contributed by atoms with Crippen molar-refractivity contribution in [2.75, 3.05) is 18.5 Å². The standard InChI is InChI=1S/C14H21N3O2/c1-2-19-12-11(6-5-9-16-12)17-13(18)14(10-15)7-3-4-8-14/h5-6,9H,2-4,7-8,10,15H2,1H3,(H,17,18). The highest BCUT2D eigenvalue weighted by Gasteiger charge is 2.40. The van der Waals surface area contributed by atoms with Crippen molar-refractivity contribution >= 4 is 11.6 Å². The fraction of sp³-hybridized carbons (Fsp3) is 0.571. The molecule has 1 fully saturated rings. The lowest BCUT2D eigenvalue weighted by Gasteiger charge is -2.26. The van der Waals surface area contributed by atoms with Crippen LogP contribution in [0.15, 0.2) is 18.3 Å². The summed E-state index contributed by atoms with van der Waals surface area (Å²) >= 11 is 0. The van der Waals surface area contributed by atoms with Crippen molar-refractivity contribution in [2.24, 2.45) is 11.1 Å². The van der Waals surface area contributed by atoms with E-state index >= 15 is 0 Å². The Hall–Kier alpha value is -1.62. The summed E-state index contributed by atoms with van der Waals surface area (Å²) < 4.78 is 5.41. The van der Waals surface area contributed by atoms with Crippen LogP contribution in [0.25, 0.3) is 0 Å². The van der Waals surface area contributed by atoms with Gasteiger partial charge in [0.15, 0.2) is 0 Å². The average molecular weight is 263 g/mol. The molecule has 0 atom stereocenters. The van der Waals surface area contributed by atoms with Crippen LogP contribution in [0, 0.1) is 5.41 Å². The monoisotopic (exact) mass is 263 g/mol. The Balaban J connectivity index is 2.14. The first-order chi connectivity index (χ1) is 9.22. The summed E-state index contributed by atoms with van der Waals surface area (Å²) in [6, 6.07) is 3.58. The minimum absolute atomic E-state index is 0.0125. The van der Waals surface area contributed by atoms with Gasteiger partial charge in [-0.1, -0.05) is 12.8 Å². The molecule has 5 nitrogen and oxygen atoms in total. The summed E-state index contributed by atoms with van der Waals surface area (Å²) in [5.74, 6) is 0.449. The molecule has 0 aliphatic heterocycles. The predicted molar refractivity (Wildman–Crippen MR) is 74.0 cm³/mol. The highest BCUT2D eigenvalue weighted by molar-refractivity contribution is 5.96. The first-order valence-electron chi connectivity index (χ1n) is 6.81. The van der Waals surface area contributed by atoms with Gasteiger partial charge in [0, 0.05) is 12.7 Å². The summed E-state index contributed by atoms with van der Waals surface area (Å²) in [5, 5.41) is 2.92. The Morgan fingerprint density at radius 1 is 1.53 bits per heavy atom. The molecular formula is C14H21N3O2. The number of hydrogen-bond acceptors (Lipinski definition) is 4. The molecule has 1 heterocycles. The van der Waals surface area contributed by atoms with Crippen LogP contribution in [0.5, 0.6) is 5.88 Å². The van der Waals surface area contributed by atoms with Crippen LogP contribution < -0.4 is 15.8 Å². The zero-order valence-corrected chi connectivity index (χ0v) is 11.3. The number of aromatic nitrogens is 1. The molecule has 3 N–H and O–H groups in total. The van der Waals surface area contributed by atoms with Gasteiger partial charge in [-0.15, -0.1) is 0 Å². The zero-order chi connectivity index (χ0) is 13.7. The van der Waals surface area contributed by atoms with Crippen LogP contribution in [-0.4, -0.2) is 24.0 Å². The van der Waals surface area contributed by atoms with E-state index in [9.17, 15) is 4.79 Å². The lowest BCUT2D eigenvalue weighted by atomic mass is 9.85. The van der Waals surface area contributed by atoms with E-state index < -0.39 is 5.41 Å². The Morgan fingerprint density at radius 3 is 2.89 bits per heavy atom. The van der Waals surface area contributed by atoms with Gasteiger partial charge in [-0.05, 0) is 31.9 Å². The molecule has 0 radical (unpaired) electrons. The molecule has 2 rings (SSSR count). The number of carbonyl (C=O) groups excluding carboxylic acids is 1. The predicted octanol–water partition coefficient (Wildman–Crippen LogP) is 1.94. The largest absolute Gasteiger partial charge is 0.476 e. The number of nitrogens with zero attached hydrogens (tertiary/aromatic N) is 1. The molecule has 0 aromatic carbocycles. The summed E-state index contributed by atoms with van der Waals surface area (Å²) in [7, 11) is 0. The van der Waals surface area contributed by atoms with Gasteiger partial charge in [-0.25, -0.2) is 4.98 Å². The van der Waals surface area contributed by atoms with Crippen molar-refractivity contribution in [2.45, 2.75) is 32.6 Å². The lowest BCUT2D eigenvalue weighted by Crippen LogP contribution is -2.40. The highest BCUT2D eigenvalue weighted by Crippen LogP contribution is 2.38. The maximum Gasteiger partial charge on any atom is 0.237 e. The van der Waals surface area contributed by atoms with E-state index in [1.54, 1.807) is 18.3 Å². The number of carbonyl (C=O) groups is 1. The molecule has 104 valence electrons. The van der Waals surface area contributed by atoms with Gasteiger partial charge in [0.05, 0.1) is 12.0 Å². The van der Waals surface area contributed by atoms with Crippen molar-refractivity contribution in [1.82, 2.24) is 4.98 Å². The molecule has 19 heavy (non-hydrogen) atoms. The maximum atomic E-state index is 12.4. The van der Waals surface area contributed by atoms with Gasteiger partial charge < -0.3 is 15.8 Å². The Labute approximate surface area is 113 Å². The van der Waals surface area contributed by atoms with Crippen LogP contribution in [0.3, 0.4) is 0 Å². The van der Waals surface area contributed by atoms with Crippen LogP contribution in [-0.2, 0) is 4.79 Å². The second-order valence-electron chi connectivity index (χ2n) is 4.93. The molecule has 0 unspecified atom stereocenters. The molecule has 0 spiro atoms. The summed E-state index contributed by atoms with van der Waals surface area (Å²) in [5.41, 5.74) is 6.01. The van der Waals surface area contributed by atoms with E-state index in [1.165, 1.54) is 0 Å². The zero-order valence-electron chi connectivity index (χ0n) is 11.3. The molecule has 0 bridgehead atoms. The quantitative estimate of drug-likeness (QED) is 0.851. The van der Waals surface area contributed by atoms with Gasteiger partial charge in [-0.2, -0.15) is 0 Å². The number of ether oxygens (including phenoxy) is 1. The SMILES string of the molecule is CCOc1ncccc1NC(=O)C1(CN)CCCC1. The number of rotatable bonds is 5. The second-order valence-corrected chi connectivity index (χ2v) is 4.93. The Bertz CT molecular complexity index is 442. The van der Waals surface area contributed by atoms with Crippen molar-refractivity contribution in [3.63, 3.8) is 0 Å². The van der Waals surface area contributed by atoms with Crippen molar-refractivity contribution in [3.05, 3.63) is 18.3 Å². The molecule has 1 aliphatic rings. The molecule has 1 aromatic rings. The first kappa shape index (κ1) is 13.8. The van der Waals surface area contributed by atoms with Crippen LogP contribution in [0.1, 0.15) is 32.6 Å². The van der Waals surface area contributed by atoms with Crippen LogP contribution >= 0.6 is 0 Å². The minimum Gasteiger partial charge on any atom is -0.476 e. The maximum absolute atomic E-state index is 12.4. The molecule has 5 heteroatoms. The van der Waals surface area contributed by atoms with Gasteiger partial charge in [0.2, 0.25) is 11.8 Å². The topological polar surface area (TPSA) is 77.2 Å². The Kier molecular flexibility index (Phi) is 4.37. The number of nitrogens with one attached hydrogen (secondary N) is 1. The number of nitrogens with two attached hydrogens (primary N) is 1. The average Bonchev–Trinajstić information content (AvgIpc) is 2.91. The fourth-order valence-corrected chi connectivity index (χ4v) is 2.57. The molecule has 1 aromatic heterocycles. The first-order valence-corrected chi connectivity index (χ1v) is 6.81.